The third kappa shape index (κ3) is 6.34. The molecule has 5 aliphatic rings. The zero-order valence-electron chi connectivity index (χ0n) is 26.7. The smallest absolute Gasteiger partial charge is 0.387 e. The van der Waals surface area contributed by atoms with Gasteiger partial charge in [-0.25, -0.2) is 4.57 Å². The number of rotatable bonds is 9. The van der Waals surface area contributed by atoms with Crippen LogP contribution in [0, 0.1) is 46.3 Å². The maximum absolute atomic E-state index is 13.0. The summed E-state index contributed by atoms with van der Waals surface area (Å²) < 4.78 is 23.7. The highest BCUT2D eigenvalue weighted by Crippen LogP contribution is 2.67. The third-order valence-electron chi connectivity index (χ3n) is 12.9. The average Bonchev–Trinajstić information content (AvgIpc) is 3.30. The Bertz CT molecular complexity index is 1050. The Kier molecular flexibility index (Phi) is 10.0. The molecule has 4 saturated carbocycles. The first kappa shape index (κ1) is 34.0. The highest BCUT2D eigenvalue weighted by atomic mass is 31.2. The Morgan fingerprint density at radius 2 is 1.51 bits per heavy atom. The van der Waals surface area contributed by atoms with Gasteiger partial charge in [-0.1, -0.05) is 65.5 Å². The van der Waals surface area contributed by atoms with Crippen LogP contribution in [-0.2, 0) is 13.6 Å². The van der Waals surface area contributed by atoms with Crippen LogP contribution in [0.3, 0.4) is 0 Å². The van der Waals surface area contributed by atoms with Crippen LogP contribution in [0.1, 0.15) is 105 Å². The molecule has 4 fully saturated rings. The van der Waals surface area contributed by atoms with Crippen LogP contribution in [0.15, 0.2) is 11.6 Å². The van der Waals surface area contributed by atoms with E-state index in [1.807, 2.05) is 0 Å². The number of allylic oxidation sites excluding steroid dienone is 1. The minimum absolute atomic E-state index is 0.0332. The van der Waals surface area contributed by atoms with E-state index in [-0.39, 0.29) is 5.41 Å². The van der Waals surface area contributed by atoms with Gasteiger partial charge in [0.05, 0.1) is 6.10 Å². The molecule has 5 aliphatic carbocycles. The Balaban J connectivity index is 1.23. The second kappa shape index (κ2) is 12.7. The number of aliphatic hydroxyl groups is 5. The van der Waals surface area contributed by atoms with Crippen LogP contribution in [-0.4, -0.2) is 73.2 Å². The Morgan fingerprint density at radius 1 is 0.860 bits per heavy atom. The standard InChI is InChI=1S/C33H57O9P/c1-18(2)7-6-8-19(3)23-11-12-24-22-10-9-20-17-21(13-15-32(20,4)25(22)14-16-33(23,24)5)41-43(39,40)42-31-29(37)27(35)26(34)28(36)30(31)38/h9,18-19,21-31,34-38H,6-8,10-17H2,1-5H3,(H,39,40)/t19-,21?,22+,23-,24+,25+,26-,27-,28+,29+,30-,31+,32+,33-/m1/s1. The molecule has 0 bridgehead atoms. The molecule has 6 N–H and O–H groups in total. The van der Waals surface area contributed by atoms with Crippen LogP contribution < -0.4 is 0 Å². The zero-order valence-corrected chi connectivity index (χ0v) is 27.6. The molecule has 0 saturated heterocycles. The highest BCUT2D eigenvalue weighted by molar-refractivity contribution is 7.47. The van der Waals surface area contributed by atoms with Crippen LogP contribution in [0.25, 0.3) is 0 Å². The first-order chi connectivity index (χ1) is 20.1. The summed E-state index contributed by atoms with van der Waals surface area (Å²) in [5.41, 5.74) is 1.73. The van der Waals surface area contributed by atoms with Crippen LogP contribution >= 0.6 is 7.82 Å². The van der Waals surface area contributed by atoms with Crippen molar-refractivity contribution >= 4 is 7.82 Å². The van der Waals surface area contributed by atoms with Crippen molar-refractivity contribution in [3.63, 3.8) is 0 Å². The van der Waals surface area contributed by atoms with Gasteiger partial charge in [-0.2, -0.15) is 0 Å². The van der Waals surface area contributed by atoms with E-state index in [2.05, 4.69) is 40.7 Å². The topological polar surface area (TPSA) is 157 Å². The van der Waals surface area contributed by atoms with Crippen LogP contribution in [0.2, 0.25) is 0 Å². The lowest BCUT2D eigenvalue weighted by Crippen LogP contribution is -2.64. The molecule has 0 radical (unpaired) electrons. The lowest BCUT2D eigenvalue weighted by Gasteiger charge is -2.58. The van der Waals surface area contributed by atoms with E-state index < -0.39 is 50.6 Å². The summed E-state index contributed by atoms with van der Waals surface area (Å²) in [6.45, 7) is 12.1. The van der Waals surface area contributed by atoms with E-state index in [9.17, 15) is 35.0 Å². The van der Waals surface area contributed by atoms with Crippen LogP contribution in [0.4, 0.5) is 0 Å². The number of phosphoric ester groups is 1. The fourth-order valence-electron chi connectivity index (χ4n) is 10.4. The van der Waals surface area contributed by atoms with Gasteiger partial charge in [0.25, 0.3) is 0 Å². The van der Waals surface area contributed by atoms with Crippen molar-refractivity contribution in [2.45, 2.75) is 148 Å². The van der Waals surface area contributed by atoms with Crippen molar-refractivity contribution in [2.75, 3.05) is 0 Å². The van der Waals surface area contributed by atoms with Gasteiger partial charge < -0.3 is 30.4 Å². The van der Waals surface area contributed by atoms with E-state index in [4.69, 9.17) is 9.05 Å². The van der Waals surface area contributed by atoms with Crippen molar-refractivity contribution in [3.05, 3.63) is 11.6 Å². The molecular formula is C33H57O9P. The van der Waals surface area contributed by atoms with Crippen molar-refractivity contribution in [1.29, 1.82) is 0 Å². The lowest BCUT2D eigenvalue weighted by atomic mass is 9.47. The molecule has 10 heteroatoms. The Morgan fingerprint density at radius 3 is 2.16 bits per heavy atom. The molecule has 0 aromatic heterocycles. The molecule has 0 amide bonds. The summed E-state index contributed by atoms with van der Waals surface area (Å²) >= 11 is 0. The summed E-state index contributed by atoms with van der Waals surface area (Å²) in [6, 6.07) is 0. The van der Waals surface area contributed by atoms with Gasteiger partial charge in [-0.05, 0) is 97.7 Å². The molecular weight excluding hydrogens is 571 g/mol. The quantitative estimate of drug-likeness (QED) is 0.157. The van der Waals surface area contributed by atoms with Crippen molar-refractivity contribution in [1.82, 2.24) is 0 Å². The number of phosphoric acid groups is 1. The SMILES string of the molecule is CC(C)CCC[C@@H](C)[C@H]1CC[C@H]2[C@@H]3CC=C4CC(OP(=O)(O)O[C@@H]5[C@H](O)[C@@H](O)[C@H](O)[C@@H](O)[C@@H]5O)CC[C@]4(C)[C@H]3CC[C@]12C. The third-order valence-corrected chi connectivity index (χ3v) is 13.9. The molecule has 0 aromatic carbocycles. The second-order valence-electron chi connectivity index (χ2n) is 15.8. The van der Waals surface area contributed by atoms with Gasteiger partial charge in [-0.3, -0.25) is 9.05 Å². The van der Waals surface area contributed by atoms with E-state index in [0.29, 0.717) is 30.1 Å². The molecule has 0 aromatic rings. The molecule has 9 nitrogen and oxygen atoms in total. The predicted molar refractivity (Wildman–Crippen MR) is 163 cm³/mol. The summed E-state index contributed by atoms with van der Waals surface area (Å²) in [6.07, 6.45) is 2.92. The zero-order chi connectivity index (χ0) is 31.5. The van der Waals surface area contributed by atoms with Crippen molar-refractivity contribution < 1.29 is 44.0 Å². The first-order valence-corrected chi connectivity index (χ1v) is 18.4. The average molecular weight is 629 g/mol. The van der Waals surface area contributed by atoms with Gasteiger partial charge in [-0.15, -0.1) is 0 Å². The fraction of sp³-hybridized carbons (Fsp3) is 0.939. The summed E-state index contributed by atoms with van der Waals surface area (Å²) in [4.78, 5) is 10.6. The van der Waals surface area contributed by atoms with Gasteiger partial charge >= 0.3 is 7.82 Å². The first-order valence-electron chi connectivity index (χ1n) is 16.9. The fourth-order valence-corrected chi connectivity index (χ4v) is 11.6. The molecule has 0 spiro atoms. The Hall–Kier alpha value is -0.350. The molecule has 0 heterocycles. The number of hydrogen-bond donors (Lipinski definition) is 6. The molecule has 15 atom stereocenters. The monoisotopic (exact) mass is 628 g/mol. The number of fused-ring (bicyclic) bond motifs is 5. The number of aliphatic hydroxyl groups excluding tert-OH is 5. The minimum atomic E-state index is -4.78. The predicted octanol–water partition coefficient (Wildman–Crippen LogP) is 4.72. The largest absolute Gasteiger partial charge is 0.472 e. The van der Waals surface area contributed by atoms with E-state index in [1.165, 1.54) is 50.5 Å². The lowest BCUT2D eigenvalue weighted by molar-refractivity contribution is -0.220. The van der Waals surface area contributed by atoms with Crippen LogP contribution in [0.5, 0.6) is 0 Å². The molecule has 248 valence electrons. The van der Waals surface area contributed by atoms with Crippen molar-refractivity contribution in [3.8, 4) is 0 Å². The Labute approximate surface area is 257 Å². The van der Waals surface area contributed by atoms with E-state index >= 15 is 0 Å². The number of hydrogen-bond acceptors (Lipinski definition) is 8. The normalized spacial score (nSPS) is 48.6. The summed E-state index contributed by atoms with van der Waals surface area (Å²) in [7, 11) is -4.78. The van der Waals surface area contributed by atoms with Gasteiger partial charge in [0.15, 0.2) is 0 Å². The summed E-state index contributed by atoms with van der Waals surface area (Å²) in [5, 5.41) is 50.2. The molecule has 43 heavy (non-hydrogen) atoms. The van der Waals surface area contributed by atoms with Gasteiger partial charge in [0.2, 0.25) is 0 Å². The van der Waals surface area contributed by atoms with E-state index in [1.54, 1.807) is 0 Å². The van der Waals surface area contributed by atoms with Gasteiger partial charge in [0.1, 0.15) is 36.6 Å². The molecule has 5 rings (SSSR count). The molecule has 2 unspecified atom stereocenters. The second-order valence-corrected chi connectivity index (χ2v) is 17.1. The molecule has 0 aliphatic heterocycles. The van der Waals surface area contributed by atoms with Crippen molar-refractivity contribution in [2.24, 2.45) is 46.3 Å². The maximum atomic E-state index is 13.0. The highest BCUT2D eigenvalue weighted by Gasteiger charge is 2.59. The maximum Gasteiger partial charge on any atom is 0.472 e. The van der Waals surface area contributed by atoms with Gasteiger partial charge in [0, 0.05) is 0 Å². The van der Waals surface area contributed by atoms with E-state index in [0.717, 1.165) is 36.5 Å². The minimum Gasteiger partial charge on any atom is -0.387 e. The summed E-state index contributed by atoms with van der Waals surface area (Å²) in [5.74, 6) is 4.36.